The summed E-state index contributed by atoms with van der Waals surface area (Å²) < 4.78 is 26.3. The van der Waals surface area contributed by atoms with Crippen LogP contribution in [-0.2, 0) is 15.1 Å². The monoisotopic (exact) mass is 395 g/mol. The van der Waals surface area contributed by atoms with Crippen molar-refractivity contribution in [3.8, 4) is 17.6 Å². The zero-order chi connectivity index (χ0) is 20.6. The molecule has 1 amide bonds. The van der Waals surface area contributed by atoms with Gasteiger partial charge in [0.1, 0.15) is 28.9 Å². The van der Waals surface area contributed by atoms with Crippen LogP contribution < -0.4 is 10.1 Å². The minimum atomic E-state index is -1.20. The van der Waals surface area contributed by atoms with E-state index in [4.69, 9.17) is 20.1 Å². The lowest BCUT2D eigenvalue weighted by atomic mass is 9.73. The quantitative estimate of drug-likeness (QED) is 0.823. The Morgan fingerprint density at radius 3 is 3.03 bits per heavy atom. The zero-order valence-electron chi connectivity index (χ0n) is 15.6. The molecule has 0 aliphatic carbocycles. The second-order valence-electron chi connectivity index (χ2n) is 7.00. The van der Waals surface area contributed by atoms with Crippen LogP contribution in [0.4, 0.5) is 4.39 Å². The van der Waals surface area contributed by atoms with Gasteiger partial charge < -0.3 is 14.8 Å². The van der Waals surface area contributed by atoms with E-state index >= 15 is 0 Å². The Balaban J connectivity index is 1.75. The number of ether oxygens (including phenoxy) is 2. The molecule has 1 aromatic carbocycles. The standard InChI is InChI=1S/C20H18FN5O3/c1-26-18(27)15-4-5-28-11-20(15,25-19(26)23)16-7-13(2-3-17(16)21)29-14-6-12(8-22)9-24-10-14/h2-3,6-7,9-10,15H,4-5,11H2,1H3,(H2,23,25). The minimum Gasteiger partial charge on any atom is -0.456 e. The first-order valence-electron chi connectivity index (χ1n) is 9.00. The summed E-state index contributed by atoms with van der Waals surface area (Å²) in [5.74, 6) is -0.840. The summed E-state index contributed by atoms with van der Waals surface area (Å²) in [6.45, 7) is 0.427. The molecule has 4 rings (SSSR count). The number of carbonyl (C=O) groups excluding carboxylic acids is 1. The number of amides is 1. The summed E-state index contributed by atoms with van der Waals surface area (Å²) >= 11 is 0. The summed E-state index contributed by atoms with van der Waals surface area (Å²) in [7, 11) is 1.52. The van der Waals surface area contributed by atoms with Crippen molar-refractivity contribution >= 4 is 11.9 Å². The van der Waals surface area contributed by atoms with Gasteiger partial charge in [0.15, 0.2) is 5.96 Å². The van der Waals surface area contributed by atoms with Gasteiger partial charge in [-0.2, -0.15) is 5.26 Å². The summed E-state index contributed by atoms with van der Waals surface area (Å²) in [5.41, 5.74) is -0.676. The second kappa shape index (κ2) is 7.14. The molecule has 2 atom stereocenters. The molecule has 0 spiro atoms. The summed E-state index contributed by atoms with van der Waals surface area (Å²) in [5, 5.41) is 20.1. The van der Waals surface area contributed by atoms with Gasteiger partial charge >= 0.3 is 0 Å². The molecular weight excluding hydrogens is 377 g/mol. The number of pyridine rings is 1. The molecule has 3 heterocycles. The van der Waals surface area contributed by atoms with Crippen LogP contribution in [0.5, 0.6) is 11.5 Å². The van der Waals surface area contributed by atoms with Crippen LogP contribution in [0, 0.1) is 28.5 Å². The van der Waals surface area contributed by atoms with E-state index in [-0.39, 0.29) is 24.0 Å². The molecule has 1 aromatic heterocycles. The van der Waals surface area contributed by atoms with Crippen molar-refractivity contribution in [2.75, 3.05) is 20.3 Å². The molecule has 2 saturated heterocycles. The lowest BCUT2D eigenvalue weighted by Gasteiger charge is -2.49. The van der Waals surface area contributed by atoms with Crippen molar-refractivity contribution in [3.63, 3.8) is 0 Å². The van der Waals surface area contributed by atoms with E-state index in [1.807, 2.05) is 6.07 Å². The SMILES string of the molecule is CN1C(=N)NC2(c3cc(Oc4cncc(C#N)c4)ccc3F)COCCC2C1=O. The van der Waals surface area contributed by atoms with E-state index in [0.29, 0.717) is 30.1 Å². The van der Waals surface area contributed by atoms with Gasteiger partial charge in [-0.25, -0.2) is 4.39 Å². The van der Waals surface area contributed by atoms with Gasteiger partial charge in [0.25, 0.3) is 0 Å². The number of benzene rings is 1. The Morgan fingerprint density at radius 2 is 2.24 bits per heavy atom. The van der Waals surface area contributed by atoms with E-state index in [9.17, 15) is 9.18 Å². The maximum absolute atomic E-state index is 14.9. The average molecular weight is 395 g/mol. The number of nitrogens with one attached hydrogen (secondary N) is 2. The molecular formula is C20H18FN5O3. The van der Waals surface area contributed by atoms with Crippen molar-refractivity contribution in [3.05, 3.63) is 53.6 Å². The smallest absolute Gasteiger partial charge is 0.235 e. The second-order valence-corrected chi connectivity index (χ2v) is 7.00. The molecule has 0 bridgehead atoms. The normalized spacial score (nSPS) is 23.8. The largest absolute Gasteiger partial charge is 0.456 e. The third-order valence-electron chi connectivity index (χ3n) is 5.28. The van der Waals surface area contributed by atoms with Gasteiger partial charge in [0.2, 0.25) is 5.91 Å². The number of halogens is 1. The number of rotatable bonds is 3. The van der Waals surface area contributed by atoms with Crippen LogP contribution in [0.15, 0.2) is 36.7 Å². The zero-order valence-corrected chi connectivity index (χ0v) is 15.6. The number of hydrogen-bond acceptors (Lipinski definition) is 6. The molecule has 2 N–H and O–H groups in total. The van der Waals surface area contributed by atoms with E-state index < -0.39 is 17.3 Å². The highest BCUT2D eigenvalue weighted by atomic mass is 19.1. The fourth-order valence-electron chi connectivity index (χ4n) is 3.79. The maximum atomic E-state index is 14.9. The van der Waals surface area contributed by atoms with Gasteiger partial charge in [0, 0.05) is 31.5 Å². The number of fused-ring (bicyclic) bond motifs is 1. The molecule has 2 aliphatic heterocycles. The Morgan fingerprint density at radius 1 is 1.41 bits per heavy atom. The van der Waals surface area contributed by atoms with Gasteiger partial charge in [-0.15, -0.1) is 0 Å². The highest BCUT2D eigenvalue weighted by Gasteiger charge is 2.53. The molecule has 2 fully saturated rings. The third-order valence-corrected chi connectivity index (χ3v) is 5.28. The number of carbonyl (C=O) groups is 1. The van der Waals surface area contributed by atoms with E-state index in [2.05, 4.69) is 10.3 Å². The molecule has 2 aliphatic rings. The number of nitrogens with zero attached hydrogens (tertiary/aromatic N) is 3. The summed E-state index contributed by atoms with van der Waals surface area (Å²) in [4.78, 5) is 18.0. The fraction of sp³-hybridized carbons (Fsp3) is 0.300. The minimum absolute atomic E-state index is 0.0471. The van der Waals surface area contributed by atoms with Crippen molar-refractivity contribution in [2.45, 2.75) is 12.0 Å². The van der Waals surface area contributed by atoms with Gasteiger partial charge in [0.05, 0.1) is 24.3 Å². The summed E-state index contributed by atoms with van der Waals surface area (Å²) in [6, 6.07) is 7.70. The Bertz CT molecular complexity index is 1040. The van der Waals surface area contributed by atoms with Crippen LogP contribution >= 0.6 is 0 Å². The van der Waals surface area contributed by atoms with Gasteiger partial charge in [-0.1, -0.05) is 0 Å². The molecule has 8 nitrogen and oxygen atoms in total. The number of guanidine groups is 1. The number of hydrogen-bond donors (Lipinski definition) is 2. The Labute approximate surface area is 166 Å². The highest BCUT2D eigenvalue weighted by molar-refractivity contribution is 6.00. The third kappa shape index (κ3) is 3.17. The predicted molar refractivity (Wildman–Crippen MR) is 99.7 cm³/mol. The van der Waals surface area contributed by atoms with Crippen molar-refractivity contribution < 1.29 is 18.7 Å². The van der Waals surface area contributed by atoms with Crippen molar-refractivity contribution in [1.29, 1.82) is 10.7 Å². The Hall–Kier alpha value is -3.51. The number of nitriles is 1. The number of aromatic nitrogens is 1. The fourth-order valence-corrected chi connectivity index (χ4v) is 3.79. The van der Waals surface area contributed by atoms with Gasteiger partial charge in [-0.05, 0) is 24.6 Å². The van der Waals surface area contributed by atoms with Crippen molar-refractivity contribution in [2.24, 2.45) is 5.92 Å². The first-order valence-corrected chi connectivity index (χ1v) is 9.00. The van der Waals surface area contributed by atoms with E-state index in [0.717, 1.165) is 0 Å². The molecule has 0 saturated carbocycles. The maximum Gasteiger partial charge on any atom is 0.235 e. The van der Waals surface area contributed by atoms with Crippen LogP contribution in [0.1, 0.15) is 17.5 Å². The van der Waals surface area contributed by atoms with E-state index in [1.54, 1.807) is 0 Å². The van der Waals surface area contributed by atoms with Crippen LogP contribution in [0.25, 0.3) is 0 Å². The molecule has 2 aromatic rings. The first kappa shape index (κ1) is 18.8. The van der Waals surface area contributed by atoms with Crippen molar-refractivity contribution in [1.82, 2.24) is 15.2 Å². The molecule has 9 heteroatoms. The predicted octanol–water partition coefficient (Wildman–Crippen LogP) is 2.11. The topological polar surface area (TPSA) is 111 Å². The summed E-state index contributed by atoms with van der Waals surface area (Å²) in [6.07, 6.45) is 3.26. The first-order chi connectivity index (χ1) is 13.9. The van der Waals surface area contributed by atoms with E-state index in [1.165, 1.54) is 48.6 Å². The van der Waals surface area contributed by atoms with Crippen LogP contribution in [-0.4, -0.2) is 42.0 Å². The lowest BCUT2D eigenvalue weighted by Crippen LogP contribution is -2.68. The van der Waals surface area contributed by atoms with Gasteiger partial charge in [-0.3, -0.25) is 20.1 Å². The van der Waals surface area contributed by atoms with Crippen LogP contribution in [0.2, 0.25) is 0 Å². The average Bonchev–Trinajstić information content (AvgIpc) is 2.73. The Kier molecular flexibility index (Phi) is 4.64. The van der Waals surface area contributed by atoms with Crippen LogP contribution in [0.3, 0.4) is 0 Å². The highest BCUT2D eigenvalue weighted by Crippen LogP contribution is 2.41. The lowest BCUT2D eigenvalue weighted by molar-refractivity contribution is -0.143. The molecule has 29 heavy (non-hydrogen) atoms. The molecule has 2 unspecified atom stereocenters. The molecule has 148 valence electrons. The molecule has 0 radical (unpaired) electrons.